The van der Waals surface area contributed by atoms with Gasteiger partial charge in [-0.25, -0.2) is 0 Å². The molecule has 0 spiro atoms. The minimum absolute atomic E-state index is 0. The van der Waals surface area contributed by atoms with Gasteiger partial charge in [0.25, 0.3) is 0 Å². The Morgan fingerprint density at radius 1 is 0.875 bits per heavy atom. The van der Waals surface area contributed by atoms with Crippen molar-refractivity contribution in [3.8, 4) is 0 Å². The average Bonchev–Trinajstić information content (AvgIpc) is 1.41. The Morgan fingerprint density at radius 2 is 1.12 bits per heavy atom. The first-order valence-corrected chi connectivity index (χ1v) is 6.41. The van der Waals surface area contributed by atoms with E-state index in [1.165, 1.54) is 0 Å². The zero-order valence-electron chi connectivity index (χ0n) is 3.62. The van der Waals surface area contributed by atoms with Crippen LogP contribution in [-0.2, 0) is 6.52 Å². The summed E-state index contributed by atoms with van der Waals surface area (Å²) in [4.78, 5) is 0. The van der Waals surface area contributed by atoms with Crippen LogP contribution >= 0.6 is 0 Å². The monoisotopic (exact) mass is 520 g/mol. The molecular formula is H6Bi2O6. The molecule has 0 atom stereocenters. The molecule has 0 amide bonds. The van der Waals surface area contributed by atoms with Crippen molar-refractivity contribution in [1.29, 1.82) is 0 Å². The zero-order chi connectivity index (χ0) is 4.12. The second kappa shape index (κ2) is 24.1. The molecular weight excluding hydrogens is 514 g/mol. The van der Waals surface area contributed by atoms with Crippen LogP contribution in [0.2, 0.25) is 0 Å². The summed E-state index contributed by atoms with van der Waals surface area (Å²) in [5, 5.41) is 0. The third-order valence-corrected chi connectivity index (χ3v) is 5.13. The van der Waals surface area contributed by atoms with Gasteiger partial charge in [-0.3, -0.25) is 0 Å². The fraction of sp³-hybridized carbons (Fsp3) is 0. The topological polar surface area (TPSA) is 138 Å². The predicted octanol–water partition coefficient (Wildman–Crippen LogP) is -3.54. The maximum absolute atomic E-state index is 9.33. The average molecular weight is 520 g/mol. The molecule has 52 valence electrons. The van der Waals surface area contributed by atoms with Gasteiger partial charge in [0.1, 0.15) is 0 Å². The summed E-state index contributed by atoms with van der Waals surface area (Å²) in [5.41, 5.74) is 0. The van der Waals surface area contributed by atoms with Gasteiger partial charge in [-0.1, -0.05) is 0 Å². The van der Waals surface area contributed by atoms with Gasteiger partial charge in [0.2, 0.25) is 0 Å². The molecule has 6 N–H and O–H groups in total. The molecule has 8 heavy (non-hydrogen) atoms. The Hall–Kier alpha value is 1.21. The van der Waals surface area contributed by atoms with E-state index in [-0.39, 0.29) is 16.4 Å². The first-order chi connectivity index (χ1) is 2.41. The summed E-state index contributed by atoms with van der Waals surface area (Å²) in [6.45, 7) is 0. The third-order valence-electron chi connectivity index (χ3n) is 0.0667. The number of hydrogen-bond acceptors (Lipinski definition) is 3. The molecule has 0 aliphatic heterocycles. The van der Waals surface area contributed by atoms with Crippen molar-refractivity contribution in [2.24, 2.45) is 0 Å². The van der Waals surface area contributed by atoms with Gasteiger partial charge in [0.15, 0.2) is 0 Å². The minimum atomic E-state index is -1.85. The molecule has 6 nitrogen and oxygen atoms in total. The predicted molar refractivity (Wildman–Crippen MR) is 24.8 cm³/mol. The van der Waals surface area contributed by atoms with Crippen LogP contribution < -0.4 is 0 Å². The zero-order valence-corrected chi connectivity index (χ0v) is 10.6. The first kappa shape index (κ1) is 22.9. The van der Waals surface area contributed by atoms with E-state index in [0.29, 0.717) is 0 Å². The molecule has 0 aromatic rings. The van der Waals surface area contributed by atoms with E-state index in [0.717, 1.165) is 0 Å². The summed E-state index contributed by atoms with van der Waals surface area (Å²) < 4.78 is 22.8. The van der Waals surface area contributed by atoms with Crippen LogP contribution in [0.4, 0.5) is 0 Å². The third kappa shape index (κ3) is 27.0. The molecule has 0 radical (unpaired) electrons. The molecule has 0 fully saturated rings. The van der Waals surface area contributed by atoms with E-state index < -0.39 is 47.4 Å². The maximum atomic E-state index is 9.33. The van der Waals surface area contributed by atoms with Crippen LogP contribution in [0.25, 0.3) is 0 Å². The van der Waals surface area contributed by atoms with Crippen molar-refractivity contribution < 1.29 is 22.9 Å². The Bertz CT molecular complexity index is 35.8. The van der Waals surface area contributed by atoms with Gasteiger partial charge >= 0.3 is 53.9 Å². The molecule has 0 aromatic heterocycles. The molecule has 0 aliphatic rings. The Labute approximate surface area is 69.8 Å². The second-order valence-electron chi connectivity index (χ2n) is 0.231. The normalized spacial score (nSPS) is 4.00. The Kier molecular flexibility index (Phi) is 68.9. The van der Waals surface area contributed by atoms with E-state index >= 15 is 0 Å². The van der Waals surface area contributed by atoms with Gasteiger partial charge in [-0.15, -0.1) is 0 Å². The van der Waals surface area contributed by atoms with Crippen molar-refractivity contribution in [3.05, 3.63) is 0 Å². The second-order valence-corrected chi connectivity index (χ2v) is 7.60. The summed E-state index contributed by atoms with van der Waals surface area (Å²) in [6, 6.07) is 0. The fourth-order valence-electron chi connectivity index (χ4n) is 0.0136. The van der Waals surface area contributed by atoms with Gasteiger partial charge in [-0.05, 0) is 0 Å². The van der Waals surface area contributed by atoms with Gasteiger partial charge < -0.3 is 16.4 Å². The first-order valence-electron chi connectivity index (χ1n) is 0.730. The molecule has 0 bridgehead atoms. The Balaban J connectivity index is -0.0000000267. The van der Waals surface area contributed by atoms with Crippen LogP contribution in [0.3, 0.4) is 0 Å². The summed E-state index contributed by atoms with van der Waals surface area (Å²) >= 11 is -3.69. The van der Waals surface area contributed by atoms with Crippen LogP contribution in [-0.4, -0.2) is 63.8 Å². The molecule has 0 saturated heterocycles. The molecule has 8 heteroatoms. The molecule has 0 aromatic carbocycles. The van der Waals surface area contributed by atoms with Crippen molar-refractivity contribution in [2.45, 2.75) is 0 Å². The summed E-state index contributed by atoms with van der Waals surface area (Å²) in [7, 11) is 0. The number of hydrogen-bond donors (Lipinski definition) is 0. The summed E-state index contributed by atoms with van der Waals surface area (Å²) in [6.07, 6.45) is 0. The van der Waals surface area contributed by atoms with E-state index in [1.54, 1.807) is 0 Å². The quantitative estimate of drug-likeness (QED) is 0.349. The van der Waals surface area contributed by atoms with E-state index in [2.05, 4.69) is 0.889 Å². The van der Waals surface area contributed by atoms with Gasteiger partial charge in [0.05, 0.1) is 0 Å². The van der Waals surface area contributed by atoms with Crippen molar-refractivity contribution in [2.75, 3.05) is 0 Å². The van der Waals surface area contributed by atoms with E-state index in [9.17, 15) is 5.63 Å². The molecule has 0 aliphatic carbocycles. The van der Waals surface area contributed by atoms with Crippen molar-refractivity contribution in [3.63, 3.8) is 0 Å². The van der Waals surface area contributed by atoms with Crippen molar-refractivity contribution >= 4 is 47.4 Å². The van der Waals surface area contributed by atoms with E-state index in [4.69, 9.17) is 0 Å². The van der Waals surface area contributed by atoms with Gasteiger partial charge in [-0.2, -0.15) is 0 Å². The van der Waals surface area contributed by atoms with Crippen molar-refractivity contribution in [1.82, 2.24) is 0 Å². The van der Waals surface area contributed by atoms with E-state index in [1.807, 2.05) is 0 Å². The number of rotatable bonds is 2. The summed E-state index contributed by atoms with van der Waals surface area (Å²) in [5.74, 6) is 0. The van der Waals surface area contributed by atoms with Crippen LogP contribution in [0, 0.1) is 0 Å². The SMILES string of the molecule is O.O.O.[O]=[Bi][O][Bi]=[O]. The Morgan fingerprint density at radius 3 is 1.12 bits per heavy atom. The van der Waals surface area contributed by atoms with Crippen LogP contribution in [0.1, 0.15) is 0 Å². The molecule has 0 rings (SSSR count). The fourth-order valence-corrected chi connectivity index (χ4v) is 1.05. The van der Waals surface area contributed by atoms with Crippen LogP contribution in [0.5, 0.6) is 0 Å². The standard InChI is InChI=1S/2Bi.3H2O.3O/h;;3*1H2;;;. The van der Waals surface area contributed by atoms with Crippen LogP contribution in [0.15, 0.2) is 0 Å². The van der Waals surface area contributed by atoms with Gasteiger partial charge in [0, 0.05) is 0 Å². The molecule has 0 heterocycles. The molecule has 0 saturated carbocycles. The molecule has 0 unspecified atom stereocenters.